The van der Waals surface area contributed by atoms with Crippen molar-refractivity contribution in [1.82, 2.24) is 4.90 Å². The fourth-order valence-corrected chi connectivity index (χ4v) is 2.00. The van der Waals surface area contributed by atoms with Crippen LogP contribution in [0, 0.1) is 19.8 Å². The molecule has 1 aromatic rings. The standard InChI is InChI=1S/C15H22N2OS/c1-5-17(9-11(3)14(16)19)15(18)13-8-6-7-10(2)12(13)4/h6-8,11H,5,9H2,1-4H3,(H2,16,19). The van der Waals surface area contributed by atoms with Gasteiger partial charge < -0.3 is 10.6 Å². The average molecular weight is 278 g/mol. The van der Waals surface area contributed by atoms with E-state index in [0.717, 1.165) is 16.7 Å². The van der Waals surface area contributed by atoms with Crippen molar-refractivity contribution in [2.24, 2.45) is 11.7 Å². The number of hydrogen-bond acceptors (Lipinski definition) is 2. The molecular weight excluding hydrogens is 256 g/mol. The summed E-state index contributed by atoms with van der Waals surface area (Å²) in [6.45, 7) is 9.13. The lowest BCUT2D eigenvalue weighted by atomic mass is 10.0. The molecule has 1 atom stereocenters. The number of carbonyl (C=O) groups is 1. The van der Waals surface area contributed by atoms with Crippen molar-refractivity contribution in [3.8, 4) is 0 Å². The molecule has 19 heavy (non-hydrogen) atoms. The monoisotopic (exact) mass is 278 g/mol. The topological polar surface area (TPSA) is 46.3 Å². The van der Waals surface area contributed by atoms with Gasteiger partial charge in [-0.2, -0.15) is 0 Å². The smallest absolute Gasteiger partial charge is 0.254 e. The summed E-state index contributed by atoms with van der Waals surface area (Å²) in [5, 5.41) is 0. The van der Waals surface area contributed by atoms with E-state index in [1.54, 1.807) is 4.90 Å². The van der Waals surface area contributed by atoms with Crippen molar-refractivity contribution in [2.45, 2.75) is 27.7 Å². The summed E-state index contributed by atoms with van der Waals surface area (Å²) in [5.41, 5.74) is 8.55. The predicted molar refractivity (Wildman–Crippen MR) is 83.4 cm³/mol. The fourth-order valence-electron chi connectivity index (χ4n) is 1.93. The second kappa shape index (κ2) is 6.66. The molecule has 1 aromatic carbocycles. The molecule has 1 rings (SSSR count). The fraction of sp³-hybridized carbons (Fsp3) is 0.467. The third-order valence-electron chi connectivity index (χ3n) is 3.48. The molecule has 0 radical (unpaired) electrons. The first-order valence-electron chi connectivity index (χ1n) is 6.53. The van der Waals surface area contributed by atoms with Crippen LogP contribution >= 0.6 is 12.2 Å². The van der Waals surface area contributed by atoms with Gasteiger partial charge in [-0.15, -0.1) is 0 Å². The number of aryl methyl sites for hydroxylation is 1. The maximum Gasteiger partial charge on any atom is 0.254 e. The Morgan fingerprint density at radius 2 is 2.05 bits per heavy atom. The van der Waals surface area contributed by atoms with Crippen molar-refractivity contribution >= 4 is 23.1 Å². The lowest BCUT2D eigenvalue weighted by Gasteiger charge is -2.25. The van der Waals surface area contributed by atoms with Crippen molar-refractivity contribution < 1.29 is 4.79 Å². The zero-order chi connectivity index (χ0) is 14.6. The van der Waals surface area contributed by atoms with Gasteiger partial charge in [-0.05, 0) is 38.0 Å². The molecule has 0 saturated carbocycles. The van der Waals surface area contributed by atoms with E-state index in [0.29, 0.717) is 18.1 Å². The van der Waals surface area contributed by atoms with E-state index < -0.39 is 0 Å². The van der Waals surface area contributed by atoms with Gasteiger partial charge in [0.25, 0.3) is 5.91 Å². The van der Waals surface area contributed by atoms with E-state index in [1.165, 1.54) is 0 Å². The minimum absolute atomic E-state index is 0.0315. The van der Waals surface area contributed by atoms with Crippen molar-refractivity contribution in [2.75, 3.05) is 13.1 Å². The summed E-state index contributed by atoms with van der Waals surface area (Å²) in [7, 11) is 0. The lowest BCUT2D eigenvalue weighted by molar-refractivity contribution is 0.0754. The quantitative estimate of drug-likeness (QED) is 0.842. The summed E-state index contributed by atoms with van der Waals surface area (Å²) in [6, 6.07) is 5.80. The largest absolute Gasteiger partial charge is 0.393 e. The van der Waals surface area contributed by atoms with Crippen LogP contribution in [-0.4, -0.2) is 28.9 Å². The van der Waals surface area contributed by atoms with Crippen LogP contribution in [0.5, 0.6) is 0 Å². The third kappa shape index (κ3) is 3.77. The van der Waals surface area contributed by atoms with E-state index in [2.05, 4.69) is 0 Å². The van der Waals surface area contributed by atoms with Gasteiger partial charge in [0.1, 0.15) is 0 Å². The first-order chi connectivity index (χ1) is 8.88. The second-order valence-electron chi connectivity index (χ2n) is 4.89. The molecule has 0 aliphatic heterocycles. The van der Waals surface area contributed by atoms with Gasteiger partial charge in [0, 0.05) is 24.6 Å². The van der Waals surface area contributed by atoms with Crippen LogP contribution < -0.4 is 5.73 Å². The number of rotatable bonds is 5. The number of nitrogens with zero attached hydrogens (tertiary/aromatic N) is 1. The molecule has 2 N–H and O–H groups in total. The zero-order valence-corrected chi connectivity index (χ0v) is 12.9. The van der Waals surface area contributed by atoms with Gasteiger partial charge >= 0.3 is 0 Å². The third-order valence-corrected chi connectivity index (χ3v) is 3.89. The van der Waals surface area contributed by atoms with E-state index >= 15 is 0 Å². The van der Waals surface area contributed by atoms with Crippen LogP contribution in [0.4, 0.5) is 0 Å². The number of thiocarbonyl (C=S) groups is 1. The molecule has 0 aromatic heterocycles. The summed E-state index contributed by atoms with van der Waals surface area (Å²) in [5.74, 6) is 0.0795. The van der Waals surface area contributed by atoms with Gasteiger partial charge in [-0.3, -0.25) is 4.79 Å². The molecule has 0 bridgehead atoms. The Kier molecular flexibility index (Phi) is 5.48. The number of carbonyl (C=O) groups excluding carboxylic acids is 1. The minimum atomic E-state index is 0.0315. The molecule has 0 saturated heterocycles. The van der Waals surface area contributed by atoms with Crippen LogP contribution in [0.2, 0.25) is 0 Å². The molecular formula is C15H22N2OS. The van der Waals surface area contributed by atoms with E-state index in [-0.39, 0.29) is 11.8 Å². The van der Waals surface area contributed by atoms with Crippen LogP contribution in [0.3, 0.4) is 0 Å². The highest BCUT2D eigenvalue weighted by atomic mass is 32.1. The molecule has 4 heteroatoms. The Bertz CT molecular complexity index is 485. The van der Waals surface area contributed by atoms with Crippen LogP contribution in [0.25, 0.3) is 0 Å². The highest BCUT2D eigenvalue weighted by Gasteiger charge is 2.19. The lowest BCUT2D eigenvalue weighted by Crippen LogP contribution is -2.38. The summed E-state index contributed by atoms with van der Waals surface area (Å²) in [6.07, 6.45) is 0. The normalized spacial score (nSPS) is 12.0. The molecule has 0 aliphatic rings. The van der Waals surface area contributed by atoms with Crippen molar-refractivity contribution in [3.05, 3.63) is 34.9 Å². The maximum atomic E-state index is 12.5. The number of nitrogens with two attached hydrogens (primary N) is 1. The van der Waals surface area contributed by atoms with Crippen molar-refractivity contribution in [1.29, 1.82) is 0 Å². The van der Waals surface area contributed by atoms with Gasteiger partial charge in [0.2, 0.25) is 0 Å². The van der Waals surface area contributed by atoms with Gasteiger partial charge in [0.15, 0.2) is 0 Å². The summed E-state index contributed by atoms with van der Waals surface area (Å²) in [4.78, 5) is 14.8. The second-order valence-corrected chi connectivity index (χ2v) is 5.37. The van der Waals surface area contributed by atoms with Gasteiger partial charge in [-0.1, -0.05) is 31.3 Å². The molecule has 1 unspecified atom stereocenters. The van der Waals surface area contributed by atoms with Crippen LogP contribution in [0.15, 0.2) is 18.2 Å². The minimum Gasteiger partial charge on any atom is -0.393 e. The highest BCUT2D eigenvalue weighted by Crippen LogP contribution is 2.16. The Morgan fingerprint density at radius 1 is 1.42 bits per heavy atom. The number of hydrogen-bond donors (Lipinski definition) is 1. The highest BCUT2D eigenvalue weighted by molar-refractivity contribution is 7.80. The average Bonchev–Trinajstić information content (AvgIpc) is 2.38. The molecule has 0 fully saturated rings. The Labute approximate surface area is 120 Å². The van der Waals surface area contributed by atoms with Crippen molar-refractivity contribution in [3.63, 3.8) is 0 Å². The Morgan fingerprint density at radius 3 is 2.58 bits per heavy atom. The van der Waals surface area contributed by atoms with E-state index in [1.807, 2.05) is 45.9 Å². The molecule has 0 spiro atoms. The first kappa shape index (κ1) is 15.6. The molecule has 0 aliphatic carbocycles. The predicted octanol–water partition coefficient (Wildman–Crippen LogP) is 2.69. The molecule has 1 amide bonds. The van der Waals surface area contributed by atoms with Gasteiger partial charge in [-0.25, -0.2) is 0 Å². The van der Waals surface area contributed by atoms with Crippen LogP contribution in [-0.2, 0) is 0 Å². The SMILES string of the molecule is CCN(CC(C)C(N)=S)C(=O)c1cccc(C)c1C. The summed E-state index contributed by atoms with van der Waals surface area (Å²) < 4.78 is 0. The molecule has 104 valence electrons. The molecule has 0 heterocycles. The van der Waals surface area contributed by atoms with Crippen LogP contribution in [0.1, 0.15) is 35.3 Å². The number of amides is 1. The Hall–Kier alpha value is -1.42. The summed E-state index contributed by atoms with van der Waals surface area (Å²) >= 11 is 4.97. The van der Waals surface area contributed by atoms with Gasteiger partial charge in [0.05, 0.1) is 4.99 Å². The maximum absolute atomic E-state index is 12.5. The van der Waals surface area contributed by atoms with E-state index in [9.17, 15) is 4.79 Å². The Balaban J connectivity index is 2.96. The molecule has 3 nitrogen and oxygen atoms in total. The zero-order valence-electron chi connectivity index (χ0n) is 12.1. The van der Waals surface area contributed by atoms with E-state index in [4.69, 9.17) is 18.0 Å². The first-order valence-corrected chi connectivity index (χ1v) is 6.94. The number of benzene rings is 1.